The minimum absolute atomic E-state index is 1.40. The van der Waals surface area contributed by atoms with E-state index < -0.39 is 12.3 Å². The molecular formula is C2H4N2O6. The second kappa shape index (κ2) is 4.35. The van der Waals surface area contributed by atoms with Crippen molar-refractivity contribution in [2.45, 2.75) is 0 Å². The maximum absolute atomic E-state index is 9.89. The van der Waals surface area contributed by atoms with Gasteiger partial charge in [-0.1, -0.05) is 0 Å². The van der Waals surface area contributed by atoms with Crippen LogP contribution in [-0.4, -0.2) is 12.3 Å². The van der Waals surface area contributed by atoms with Crippen molar-refractivity contribution >= 4 is 12.3 Å². The van der Waals surface area contributed by atoms with Gasteiger partial charge >= 0.3 is 12.3 Å². The van der Waals surface area contributed by atoms with E-state index in [-0.39, 0.29) is 0 Å². The second-order valence-corrected chi connectivity index (χ2v) is 0.902. The van der Waals surface area contributed by atoms with Crippen LogP contribution in [0.5, 0.6) is 0 Å². The van der Waals surface area contributed by atoms with Gasteiger partial charge in [-0.3, -0.25) is 0 Å². The molecule has 0 heterocycles. The van der Waals surface area contributed by atoms with Crippen molar-refractivity contribution in [2.75, 3.05) is 0 Å². The van der Waals surface area contributed by atoms with E-state index in [4.69, 9.17) is 0 Å². The third kappa shape index (κ3) is 3.46. The van der Waals surface area contributed by atoms with Crippen molar-refractivity contribution in [1.29, 1.82) is 0 Å². The number of nitrogens with two attached hydrogens (primary N) is 2. The van der Waals surface area contributed by atoms with Gasteiger partial charge in [-0.05, 0) is 0 Å². The fraction of sp³-hybridized carbons (Fsp3) is 0. The number of carbonyl (C=O) groups is 2. The summed E-state index contributed by atoms with van der Waals surface area (Å²) in [6.45, 7) is 0. The Labute approximate surface area is 54.4 Å². The average Bonchev–Trinajstić information content (AvgIpc) is 1.99. The first-order valence-corrected chi connectivity index (χ1v) is 1.86. The van der Waals surface area contributed by atoms with Gasteiger partial charge in [-0.15, -0.1) is 0 Å². The number of hydrogen-bond donors (Lipinski definition) is 2. The molecule has 0 amide bonds. The van der Waals surface area contributed by atoms with E-state index in [0.717, 1.165) is 0 Å². The molecule has 0 aromatic rings. The van der Waals surface area contributed by atoms with Gasteiger partial charge in [0.15, 0.2) is 0 Å². The van der Waals surface area contributed by atoms with E-state index in [1.54, 1.807) is 0 Å². The van der Waals surface area contributed by atoms with Crippen LogP contribution in [0.25, 0.3) is 0 Å². The molecule has 0 aliphatic heterocycles. The van der Waals surface area contributed by atoms with Crippen LogP contribution in [0.2, 0.25) is 0 Å². The van der Waals surface area contributed by atoms with Gasteiger partial charge < -0.3 is 9.68 Å². The first kappa shape index (κ1) is 8.46. The van der Waals surface area contributed by atoms with Crippen molar-refractivity contribution in [1.82, 2.24) is 0 Å². The molecule has 0 aliphatic rings. The number of rotatable bonds is 0. The summed E-state index contributed by atoms with van der Waals surface area (Å²) in [5.41, 5.74) is 0. The highest BCUT2D eigenvalue weighted by Crippen LogP contribution is 1.84. The molecule has 8 nitrogen and oxygen atoms in total. The van der Waals surface area contributed by atoms with Gasteiger partial charge in [0.1, 0.15) is 0 Å². The Morgan fingerprint density at radius 2 is 1.20 bits per heavy atom. The third-order valence-corrected chi connectivity index (χ3v) is 0.370. The van der Waals surface area contributed by atoms with Crippen LogP contribution in [0.4, 0.5) is 9.59 Å². The van der Waals surface area contributed by atoms with Crippen LogP contribution >= 0.6 is 0 Å². The summed E-state index contributed by atoms with van der Waals surface area (Å²) in [6, 6.07) is 0. The van der Waals surface area contributed by atoms with Crippen molar-refractivity contribution in [2.24, 2.45) is 11.8 Å². The first-order chi connectivity index (χ1) is 4.70. The quantitative estimate of drug-likeness (QED) is 0.333. The predicted octanol–water partition coefficient (Wildman–Crippen LogP) is -1.04. The number of carbonyl (C=O) groups excluding carboxylic acids is 2. The van der Waals surface area contributed by atoms with E-state index in [1.807, 2.05) is 0 Å². The lowest BCUT2D eigenvalue weighted by Crippen LogP contribution is -2.17. The maximum atomic E-state index is 9.89. The van der Waals surface area contributed by atoms with Gasteiger partial charge in [0.05, 0.1) is 0 Å². The molecule has 0 unspecified atom stereocenters. The van der Waals surface area contributed by atoms with Crippen LogP contribution in [-0.2, 0) is 19.5 Å². The molecule has 0 radical (unpaired) electrons. The van der Waals surface area contributed by atoms with Gasteiger partial charge in [-0.25, -0.2) is 0 Å². The summed E-state index contributed by atoms with van der Waals surface area (Å²) < 4.78 is 0. The van der Waals surface area contributed by atoms with Crippen molar-refractivity contribution in [3.63, 3.8) is 0 Å². The van der Waals surface area contributed by atoms with Crippen LogP contribution in [0, 0.1) is 0 Å². The molecule has 0 aliphatic carbocycles. The minimum atomic E-state index is -1.40. The van der Waals surface area contributed by atoms with Crippen LogP contribution in [0.15, 0.2) is 0 Å². The van der Waals surface area contributed by atoms with Gasteiger partial charge in [0.25, 0.3) is 0 Å². The predicted molar refractivity (Wildman–Crippen MR) is 23.5 cm³/mol. The summed E-state index contributed by atoms with van der Waals surface area (Å²) in [4.78, 5) is 33.6. The lowest BCUT2D eigenvalue weighted by molar-refractivity contribution is -0.218. The summed E-state index contributed by atoms with van der Waals surface area (Å²) in [5.74, 6) is 8.52. The van der Waals surface area contributed by atoms with E-state index in [9.17, 15) is 9.59 Å². The fourth-order valence-corrected chi connectivity index (χ4v) is 0.107. The first-order valence-electron chi connectivity index (χ1n) is 1.86. The van der Waals surface area contributed by atoms with E-state index in [1.165, 1.54) is 0 Å². The Hall–Kier alpha value is -1.54. The molecular weight excluding hydrogens is 148 g/mol. The van der Waals surface area contributed by atoms with E-state index in [2.05, 4.69) is 31.2 Å². The molecule has 4 N–H and O–H groups in total. The Kier molecular flexibility index (Phi) is 3.68. The topological polar surface area (TPSA) is 123 Å². The fourth-order valence-electron chi connectivity index (χ4n) is 0.107. The Balaban J connectivity index is 3.35. The Morgan fingerprint density at radius 3 is 1.40 bits per heavy atom. The van der Waals surface area contributed by atoms with E-state index in [0.29, 0.717) is 0 Å². The van der Waals surface area contributed by atoms with Gasteiger partial charge in [0, 0.05) is 0 Å². The maximum Gasteiger partial charge on any atom is 0.569 e. The van der Waals surface area contributed by atoms with Crippen molar-refractivity contribution in [3.8, 4) is 0 Å². The molecule has 0 saturated carbocycles. The van der Waals surface area contributed by atoms with Gasteiger partial charge in [0.2, 0.25) is 0 Å². The highest BCUT2D eigenvalue weighted by Gasteiger charge is 2.08. The minimum Gasteiger partial charge on any atom is -0.339 e. The Morgan fingerprint density at radius 1 is 0.900 bits per heavy atom. The molecule has 0 aromatic carbocycles. The van der Waals surface area contributed by atoms with Crippen molar-refractivity contribution < 1.29 is 29.0 Å². The number of hydrogen-bond acceptors (Lipinski definition) is 8. The third-order valence-electron chi connectivity index (χ3n) is 0.370. The molecule has 0 atom stereocenters. The average molecular weight is 152 g/mol. The zero-order valence-corrected chi connectivity index (χ0v) is 4.60. The second-order valence-electron chi connectivity index (χ2n) is 0.902. The monoisotopic (exact) mass is 152 g/mol. The zero-order valence-electron chi connectivity index (χ0n) is 4.60. The summed E-state index contributed by atoms with van der Waals surface area (Å²) in [7, 11) is 0. The summed E-state index contributed by atoms with van der Waals surface area (Å²) >= 11 is 0. The smallest absolute Gasteiger partial charge is 0.339 e. The highest BCUT2D eigenvalue weighted by molar-refractivity contribution is 5.62. The molecule has 0 rings (SSSR count). The Bertz CT molecular complexity index is 118. The molecule has 0 bridgehead atoms. The zero-order chi connectivity index (χ0) is 7.98. The molecule has 0 fully saturated rings. The SMILES string of the molecule is NOC(=O)OOC(=O)ON. The standard InChI is InChI=1S/C2H4N2O6/c3-7-1(5)9-10-2(6)8-4/h3-4H2. The highest BCUT2D eigenvalue weighted by atomic mass is 17.3. The lowest BCUT2D eigenvalue weighted by Gasteiger charge is -1.96. The van der Waals surface area contributed by atoms with E-state index >= 15 is 0 Å². The largest absolute Gasteiger partial charge is 0.569 e. The molecule has 58 valence electrons. The lowest BCUT2D eigenvalue weighted by atomic mass is 11.4. The molecule has 8 heteroatoms. The van der Waals surface area contributed by atoms with Crippen LogP contribution in [0.1, 0.15) is 0 Å². The normalized spacial score (nSPS) is 7.80. The summed E-state index contributed by atoms with van der Waals surface area (Å²) in [5, 5.41) is 0. The van der Waals surface area contributed by atoms with Crippen LogP contribution < -0.4 is 11.8 Å². The molecule has 0 saturated heterocycles. The van der Waals surface area contributed by atoms with Crippen molar-refractivity contribution in [3.05, 3.63) is 0 Å². The van der Waals surface area contributed by atoms with Crippen LogP contribution in [0.3, 0.4) is 0 Å². The molecule has 10 heavy (non-hydrogen) atoms. The van der Waals surface area contributed by atoms with Gasteiger partial charge in [-0.2, -0.15) is 31.2 Å². The summed E-state index contributed by atoms with van der Waals surface area (Å²) in [6.07, 6.45) is -2.80. The molecule has 0 aromatic heterocycles. The molecule has 0 spiro atoms.